The van der Waals surface area contributed by atoms with Gasteiger partial charge in [0.15, 0.2) is 17.5 Å². The molecule has 1 aliphatic heterocycles. The Kier molecular flexibility index (Phi) is 6.59. The van der Waals surface area contributed by atoms with Gasteiger partial charge in [-0.3, -0.25) is 4.79 Å². The zero-order valence-corrected chi connectivity index (χ0v) is 17.4. The summed E-state index contributed by atoms with van der Waals surface area (Å²) in [4.78, 5) is 12.5. The van der Waals surface area contributed by atoms with E-state index in [4.69, 9.17) is 16.3 Å². The number of sulfonamides is 1. The SMILES string of the molecule is COc1ccc(S(=O)(=O)N2CCC[C@H](C(=O)Nc3ccc(F)c(F)c3F)C2)cc1Cl. The van der Waals surface area contributed by atoms with E-state index in [9.17, 15) is 26.4 Å². The molecule has 0 radical (unpaired) electrons. The lowest BCUT2D eigenvalue weighted by Gasteiger charge is -2.31. The van der Waals surface area contributed by atoms with Crippen LogP contribution in [0, 0.1) is 23.4 Å². The summed E-state index contributed by atoms with van der Waals surface area (Å²) in [6, 6.07) is 5.63. The number of benzene rings is 2. The van der Waals surface area contributed by atoms with Gasteiger partial charge in [0.05, 0.1) is 28.6 Å². The number of anilines is 1. The molecule has 1 atom stereocenters. The Hall–Kier alpha value is -2.30. The average molecular weight is 463 g/mol. The average Bonchev–Trinajstić information content (AvgIpc) is 2.74. The molecule has 1 fully saturated rings. The van der Waals surface area contributed by atoms with Crippen LogP contribution in [0.2, 0.25) is 5.02 Å². The number of ether oxygens (including phenoxy) is 1. The van der Waals surface area contributed by atoms with Crippen LogP contribution in [0.5, 0.6) is 5.75 Å². The minimum Gasteiger partial charge on any atom is -0.495 e. The van der Waals surface area contributed by atoms with Crippen molar-refractivity contribution in [3.05, 3.63) is 52.8 Å². The number of rotatable bonds is 5. The molecular formula is C19H18ClF3N2O4S. The normalized spacial score (nSPS) is 17.6. The van der Waals surface area contributed by atoms with Crippen molar-refractivity contribution in [2.24, 2.45) is 5.92 Å². The molecule has 1 N–H and O–H groups in total. The van der Waals surface area contributed by atoms with Gasteiger partial charge < -0.3 is 10.1 Å². The summed E-state index contributed by atoms with van der Waals surface area (Å²) in [5, 5.41) is 2.33. The van der Waals surface area contributed by atoms with E-state index in [1.807, 2.05) is 0 Å². The number of halogens is 4. The highest BCUT2D eigenvalue weighted by molar-refractivity contribution is 7.89. The maximum Gasteiger partial charge on any atom is 0.243 e. The topological polar surface area (TPSA) is 75.7 Å². The Morgan fingerprint density at radius 2 is 1.93 bits per heavy atom. The van der Waals surface area contributed by atoms with Gasteiger partial charge in [-0.1, -0.05) is 11.6 Å². The van der Waals surface area contributed by atoms with Crippen molar-refractivity contribution in [3.8, 4) is 5.75 Å². The molecule has 0 aliphatic carbocycles. The van der Waals surface area contributed by atoms with Crippen molar-refractivity contribution >= 4 is 33.2 Å². The third-order valence-corrected chi connectivity index (χ3v) is 6.97. The van der Waals surface area contributed by atoms with Gasteiger partial charge >= 0.3 is 0 Å². The van der Waals surface area contributed by atoms with Crippen LogP contribution in [-0.2, 0) is 14.8 Å². The van der Waals surface area contributed by atoms with E-state index in [0.29, 0.717) is 24.7 Å². The fourth-order valence-corrected chi connectivity index (χ4v) is 5.06. The van der Waals surface area contributed by atoms with Gasteiger partial charge in [0.25, 0.3) is 0 Å². The van der Waals surface area contributed by atoms with E-state index >= 15 is 0 Å². The van der Waals surface area contributed by atoms with E-state index in [0.717, 1.165) is 10.4 Å². The molecule has 1 saturated heterocycles. The molecule has 162 valence electrons. The van der Waals surface area contributed by atoms with Crippen molar-refractivity contribution in [3.63, 3.8) is 0 Å². The molecular weight excluding hydrogens is 445 g/mol. The maximum absolute atomic E-state index is 13.8. The minimum atomic E-state index is -3.94. The standard InChI is InChI=1S/C19H18ClF3N2O4S/c1-29-16-7-4-12(9-13(16)20)30(27,28)25-8-2-3-11(10-25)19(26)24-15-6-5-14(21)17(22)18(15)23/h4-7,9,11H,2-3,8,10H2,1H3,(H,24,26)/t11-/m0/s1. The highest BCUT2D eigenvalue weighted by Crippen LogP contribution is 2.30. The van der Waals surface area contributed by atoms with E-state index in [-0.39, 0.29) is 23.0 Å². The molecule has 6 nitrogen and oxygen atoms in total. The third-order valence-electron chi connectivity index (χ3n) is 4.81. The summed E-state index contributed by atoms with van der Waals surface area (Å²) < 4.78 is 72.3. The molecule has 0 saturated carbocycles. The first-order valence-electron chi connectivity index (χ1n) is 8.93. The number of nitrogens with zero attached hydrogens (tertiary/aromatic N) is 1. The fraction of sp³-hybridized carbons (Fsp3) is 0.316. The Morgan fingerprint density at radius 1 is 1.20 bits per heavy atom. The van der Waals surface area contributed by atoms with E-state index in [2.05, 4.69) is 5.32 Å². The lowest BCUT2D eigenvalue weighted by molar-refractivity contribution is -0.120. The maximum atomic E-state index is 13.8. The van der Waals surface area contributed by atoms with Crippen LogP contribution in [-0.4, -0.2) is 38.8 Å². The highest BCUT2D eigenvalue weighted by atomic mass is 35.5. The molecule has 2 aromatic rings. The van der Waals surface area contributed by atoms with Gasteiger partial charge in [-0.25, -0.2) is 21.6 Å². The molecule has 1 amide bonds. The second-order valence-corrected chi connectivity index (χ2v) is 9.06. The number of piperidine rings is 1. The molecule has 3 rings (SSSR count). The fourth-order valence-electron chi connectivity index (χ4n) is 3.19. The number of methoxy groups -OCH3 is 1. The Morgan fingerprint density at radius 3 is 2.60 bits per heavy atom. The summed E-state index contributed by atoms with van der Waals surface area (Å²) in [7, 11) is -2.54. The number of carbonyl (C=O) groups excluding carboxylic acids is 1. The summed E-state index contributed by atoms with van der Waals surface area (Å²) in [5.74, 6) is -5.76. The summed E-state index contributed by atoms with van der Waals surface area (Å²) in [5.41, 5.74) is -0.513. The molecule has 0 bridgehead atoms. The highest BCUT2D eigenvalue weighted by Gasteiger charge is 2.34. The van der Waals surface area contributed by atoms with Gasteiger partial charge in [-0.15, -0.1) is 0 Å². The quantitative estimate of drug-likeness (QED) is 0.686. The molecule has 2 aromatic carbocycles. The smallest absolute Gasteiger partial charge is 0.243 e. The molecule has 30 heavy (non-hydrogen) atoms. The van der Waals surface area contributed by atoms with E-state index in [1.165, 1.54) is 25.3 Å². The summed E-state index contributed by atoms with van der Waals surface area (Å²) >= 11 is 6.02. The molecule has 11 heteroatoms. The monoisotopic (exact) mass is 462 g/mol. The first-order chi connectivity index (χ1) is 14.1. The molecule has 0 spiro atoms. The van der Waals surface area contributed by atoms with Gasteiger partial charge in [0.1, 0.15) is 5.75 Å². The number of hydrogen-bond donors (Lipinski definition) is 1. The zero-order chi connectivity index (χ0) is 22.1. The molecule has 1 heterocycles. The number of amides is 1. The van der Waals surface area contributed by atoms with E-state index < -0.39 is 45.0 Å². The second kappa shape index (κ2) is 8.83. The second-order valence-electron chi connectivity index (χ2n) is 6.71. The van der Waals surface area contributed by atoms with Crippen LogP contribution in [0.1, 0.15) is 12.8 Å². The molecule has 0 unspecified atom stereocenters. The Labute approximate surface area is 176 Å². The van der Waals surface area contributed by atoms with Crippen molar-refractivity contribution < 1.29 is 31.1 Å². The van der Waals surface area contributed by atoms with Crippen LogP contribution in [0.4, 0.5) is 18.9 Å². The lowest BCUT2D eigenvalue weighted by atomic mass is 9.98. The number of carbonyl (C=O) groups is 1. The van der Waals surface area contributed by atoms with Crippen molar-refractivity contribution in [1.82, 2.24) is 4.31 Å². The first-order valence-corrected chi connectivity index (χ1v) is 10.7. The predicted octanol–water partition coefficient (Wildman–Crippen LogP) is 3.81. The van der Waals surface area contributed by atoms with E-state index in [1.54, 1.807) is 0 Å². The van der Waals surface area contributed by atoms with Gasteiger partial charge in [-0.05, 0) is 43.2 Å². The predicted molar refractivity (Wildman–Crippen MR) is 104 cm³/mol. The third kappa shape index (κ3) is 4.40. The number of nitrogens with one attached hydrogen (secondary N) is 1. The first kappa shape index (κ1) is 22.4. The van der Waals surface area contributed by atoms with Crippen LogP contribution >= 0.6 is 11.6 Å². The largest absolute Gasteiger partial charge is 0.495 e. The molecule has 1 aliphatic rings. The van der Waals surface area contributed by atoms with Gasteiger partial charge in [-0.2, -0.15) is 4.31 Å². The number of hydrogen-bond acceptors (Lipinski definition) is 4. The zero-order valence-electron chi connectivity index (χ0n) is 15.8. The summed E-state index contributed by atoms with van der Waals surface area (Å²) in [6.45, 7) is 0.0401. The molecule has 0 aromatic heterocycles. The van der Waals surface area contributed by atoms with Gasteiger partial charge in [0, 0.05) is 13.1 Å². The Bertz CT molecular complexity index is 1080. The summed E-state index contributed by atoms with van der Waals surface area (Å²) in [6.07, 6.45) is 0.744. The van der Waals surface area contributed by atoms with Crippen molar-refractivity contribution in [2.45, 2.75) is 17.7 Å². The minimum absolute atomic E-state index is 0.0546. The lowest BCUT2D eigenvalue weighted by Crippen LogP contribution is -2.43. The van der Waals surface area contributed by atoms with Crippen LogP contribution in [0.15, 0.2) is 35.2 Å². The van der Waals surface area contributed by atoms with Crippen LogP contribution in [0.25, 0.3) is 0 Å². The Balaban J connectivity index is 1.77. The van der Waals surface area contributed by atoms with Crippen LogP contribution < -0.4 is 10.1 Å². The van der Waals surface area contributed by atoms with Crippen molar-refractivity contribution in [1.29, 1.82) is 0 Å². The van der Waals surface area contributed by atoms with Crippen molar-refractivity contribution in [2.75, 3.05) is 25.5 Å². The van der Waals surface area contributed by atoms with Gasteiger partial charge in [0.2, 0.25) is 15.9 Å². The van der Waals surface area contributed by atoms with Crippen LogP contribution in [0.3, 0.4) is 0 Å².